The first-order valence-corrected chi connectivity index (χ1v) is 7.29. The summed E-state index contributed by atoms with van der Waals surface area (Å²) >= 11 is 0. The van der Waals surface area contributed by atoms with E-state index in [-0.39, 0.29) is 11.5 Å². The highest BCUT2D eigenvalue weighted by Crippen LogP contribution is 2.30. The zero-order valence-electron chi connectivity index (χ0n) is 11.8. The summed E-state index contributed by atoms with van der Waals surface area (Å²) in [6, 6.07) is 0. The summed E-state index contributed by atoms with van der Waals surface area (Å²) in [5.74, 6) is -0.0195. The van der Waals surface area contributed by atoms with Crippen molar-refractivity contribution in [2.24, 2.45) is 5.73 Å². The van der Waals surface area contributed by atoms with E-state index in [9.17, 15) is 4.79 Å². The third kappa shape index (κ3) is 4.58. The highest BCUT2D eigenvalue weighted by atomic mass is 16.5. The van der Waals surface area contributed by atoms with E-state index < -0.39 is 6.10 Å². The number of hydrogen-bond acceptors (Lipinski definition) is 3. The number of carbonyl (C=O) groups excluding carboxylic acids is 1. The van der Waals surface area contributed by atoms with Gasteiger partial charge in [0, 0.05) is 13.1 Å². The van der Waals surface area contributed by atoms with Gasteiger partial charge in [0.25, 0.3) is 0 Å². The van der Waals surface area contributed by atoms with Crippen molar-refractivity contribution in [3.63, 3.8) is 0 Å². The maximum atomic E-state index is 11.8. The van der Waals surface area contributed by atoms with Crippen molar-refractivity contribution in [2.45, 2.75) is 70.5 Å². The smallest absolute Gasteiger partial charge is 0.248 e. The molecule has 0 bridgehead atoms. The predicted octanol–water partition coefficient (Wildman–Crippen LogP) is 1.97. The molecule has 4 heteroatoms. The Bertz CT molecular complexity index is 248. The number of nitrogens with one attached hydrogen (secondary N) is 1. The standard InChI is InChI=1S/C14H28N2O2/c1-3-10-16-13(17)12(2)18-14(11-15)8-6-4-5-7-9-14/h12H,3-11,15H2,1-2H3,(H,16,17). The molecule has 0 aliphatic heterocycles. The summed E-state index contributed by atoms with van der Waals surface area (Å²) < 4.78 is 6.03. The minimum Gasteiger partial charge on any atom is -0.361 e. The van der Waals surface area contributed by atoms with Crippen LogP contribution in [0.3, 0.4) is 0 Å². The lowest BCUT2D eigenvalue weighted by Gasteiger charge is -2.34. The third-order valence-electron chi connectivity index (χ3n) is 3.73. The van der Waals surface area contributed by atoms with E-state index >= 15 is 0 Å². The van der Waals surface area contributed by atoms with Gasteiger partial charge in [0.1, 0.15) is 6.10 Å². The summed E-state index contributed by atoms with van der Waals surface area (Å²) in [7, 11) is 0. The van der Waals surface area contributed by atoms with Crippen LogP contribution < -0.4 is 11.1 Å². The summed E-state index contributed by atoms with van der Waals surface area (Å²) in [6.45, 7) is 5.09. The molecular weight excluding hydrogens is 228 g/mol. The van der Waals surface area contributed by atoms with Gasteiger partial charge in [-0.1, -0.05) is 32.6 Å². The quantitative estimate of drug-likeness (QED) is 0.714. The lowest BCUT2D eigenvalue weighted by Crippen LogP contribution is -2.47. The lowest BCUT2D eigenvalue weighted by molar-refractivity contribution is -0.146. The van der Waals surface area contributed by atoms with Crippen LogP contribution in [0.4, 0.5) is 0 Å². The molecule has 0 spiro atoms. The zero-order chi connectivity index (χ0) is 13.4. The molecule has 0 heterocycles. The molecule has 0 radical (unpaired) electrons. The molecule has 3 N–H and O–H groups in total. The van der Waals surface area contributed by atoms with Crippen molar-refractivity contribution in [1.29, 1.82) is 0 Å². The van der Waals surface area contributed by atoms with Crippen molar-refractivity contribution in [3.8, 4) is 0 Å². The van der Waals surface area contributed by atoms with Crippen molar-refractivity contribution in [2.75, 3.05) is 13.1 Å². The molecule has 0 saturated heterocycles. The molecule has 1 aliphatic rings. The maximum Gasteiger partial charge on any atom is 0.248 e. The second-order valence-electron chi connectivity index (χ2n) is 5.35. The molecule has 1 rings (SSSR count). The van der Waals surface area contributed by atoms with Gasteiger partial charge in [-0.2, -0.15) is 0 Å². The molecule has 0 aromatic heterocycles. The number of rotatable bonds is 6. The molecule has 1 amide bonds. The van der Waals surface area contributed by atoms with Gasteiger partial charge < -0.3 is 15.8 Å². The first-order valence-electron chi connectivity index (χ1n) is 7.29. The first kappa shape index (κ1) is 15.4. The van der Waals surface area contributed by atoms with Gasteiger partial charge in [-0.15, -0.1) is 0 Å². The number of carbonyl (C=O) groups is 1. The normalized spacial score (nSPS) is 21.1. The summed E-state index contributed by atoms with van der Waals surface area (Å²) in [5.41, 5.74) is 5.62. The second kappa shape index (κ2) is 7.74. The van der Waals surface area contributed by atoms with Crippen LogP contribution in [0.25, 0.3) is 0 Å². The van der Waals surface area contributed by atoms with E-state index in [1.807, 2.05) is 13.8 Å². The highest BCUT2D eigenvalue weighted by Gasteiger charge is 2.33. The van der Waals surface area contributed by atoms with E-state index in [0.717, 1.165) is 32.1 Å². The molecule has 1 unspecified atom stereocenters. The first-order chi connectivity index (χ1) is 8.63. The number of amides is 1. The maximum absolute atomic E-state index is 11.8. The lowest BCUT2D eigenvalue weighted by atomic mass is 9.94. The average molecular weight is 256 g/mol. The Morgan fingerprint density at radius 3 is 2.44 bits per heavy atom. The van der Waals surface area contributed by atoms with Crippen LogP contribution in [-0.4, -0.2) is 30.7 Å². The molecule has 4 nitrogen and oxygen atoms in total. The van der Waals surface area contributed by atoms with Gasteiger partial charge in [-0.3, -0.25) is 4.79 Å². The third-order valence-corrected chi connectivity index (χ3v) is 3.73. The highest BCUT2D eigenvalue weighted by molar-refractivity contribution is 5.80. The average Bonchev–Trinajstić information content (AvgIpc) is 2.62. The van der Waals surface area contributed by atoms with Crippen molar-refractivity contribution in [1.82, 2.24) is 5.32 Å². The zero-order valence-corrected chi connectivity index (χ0v) is 11.8. The van der Waals surface area contributed by atoms with Crippen LogP contribution >= 0.6 is 0 Å². The van der Waals surface area contributed by atoms with Crippen LogP contribution in [0.1, 0.15) is 58.8 Å². The Morgan fingerprint density at radius 2 is 1.94 bits per heavy atom. The van der Waals surface area contributed by atoms with E-state index in [1.54, 1.807) is 0 Å². The molecular formula is C14H28N2O2. The number of nitrogens with two attached hydrogens (primary N) is 1. The van der Waals surface area contributed by atoms with Gasteiger partial charge in [-0.05, 0) is 26.2 Å². The van der Waals surface area contributed by atoms with Gasteiger partial charge in [0.15, 0.2) is 0 Å². The molecule has 106 valence electrons. The van der Waals surface area contributed by atoms with Crippen molar-refractivity contribution >= 4 is 5.91 Å². The Hall–Kier alpha value is -0.610. The van der Waals surface area contributed by atoms with Crippen LogP contribution in [0.15, 0.2) is 0 Å². The van der Waals surface area contributed by atoms with E-state index in [0.29, 0.717) is 13.1 Å². The number of ether oxygens (including phenoxy) is 1. The van der Waals surface area contributed by atoms with Crippen LogP contribution in [0.2, 0.25) is 0 Å². The van der Waals surface area contributed by atoms with E-state index in [1.165, 1.54) is 12.8 Å². The fourth-order valence-corrected chi connectivity index (χ4v) is 2.56. The fraction of sp³-hybridized carbons (Fsp3) is 0.929. The van der Waals surface area contributed by atoms with Crippen LogP contribution in [-0.2, 0) is 9.53 Å². The van der Waals surface area contributed by atoms with Gasteiger partial charge in [0.2, 0.25) is 5.91 Å². The predicted molar refractivity (Wildman–Crippen MR) is 73.3 cm³/mol. The second-order valence-corrected chi connectivity index (χ2v) is 5.35. The van der Waals surface area contributed by atoms with Crippen molar-refractivity contribution < 1.29 is 9.53 Å². The number of hydrogen-bond donors (Lipinski definition) is 2. The Kier molecular flexibility index (Phi) is 6.65. The van der Waals surface area contributed by atoms with Gasteiger partial charge in [-0.25, -0.2) is 0 Å². The minimum absolute atomic E-state index is 0.0195. The summed E-state index contributed by atoms with van der Waals surface area (Å²) in [5, 5.41) is 2.87. The minimum atomic E-state index is -0.404. The SMILES string of the molecule is CCCNC(=O)C(C)OC1(CN)CCCCCC1. The molecule has 1 aliphatic carbocycles. The summed E-state index contributed by atoms with van der Waals surface area (Å²) in [4.78, 5) is 11.8. The molecule has 1 saturated carbocycles. The Morgan fingerprint density at radius 1 is 1.33 bits per heavy atom. The van der Waals surface area contributed by atoms with Gasteiger partial charge in [0.05, 0.1) is 5.60 Å². The van der Waals surface area contributed by atoms with Gasteiger partial charge >= 0.3 is 0 Å². The fourth-order valence-electron chi connectivity index (χ4n) is 2.56. The Balaban J connectivity index is 2.52. The molecule has 0 aromatic carbocycles. The molecule has 18 heavy (non-hydrogen) atoms. The molecule has 0 aromatic rings. The summed E-state index contributed by atoms with van der Waals surface area (Å²) in [6.07, 6.45) is 7.31. The monoisotopic (exact) mass is 256 g/mol. The van der Waals surface area contributed by atoms with E-state index in [4.69, 9.17) is 10.5 Å². The Labute approximate surface area is 111 Å². The largest absolute Gasteiger partial charge is 0.361 e. The van der Waals surface area contributed by atoms with E-state index in [2.05, 4.69) is 5.32 Å². The van der Waals surface area contributed by atoms with Crippen LogP contribution in [0.5, 0.6) is 0 Å². The molecule has 1 atom stereocenters. The van der Waals surface area contributed by atoms with Crippen LogP contribution in [0, 0.1) is 0 Å². The van der Waals surface area contributed by atoms with Crippen molar-refractivity contribution in [3.05, 3.63) is 0 Å². The topological polar surface area (TPSA) is 64.3 Å². The molecule has 1 fully saturated rings.